The van der Waals surface area contributed by atoms with Crippen molar-refractivity contribution in [1.29, 1.82) is 0 Å². The molecule has 0 aliphatic carbocycles. The lowest BCUT2D eigenvalue weighted by molar-refractivity contribution is 0.0139. The van der Waals surface area contributed by atoms with Gasteiger partial charge in [0, 0.05) is 43.6 Å². The highest BCUT2D eigenvalue weighted by molar-refractivity contribution is 6.01. The van der Waals surface area contributed by atoms with E-state index in [2.05, 4.69) is 23.6 Å². The van der Waals surface area contributed by atoms with Gasteiger partial charge in [0.15, 0.2) is 0 Å². The number of nitrogens with zero attached hydrogens (tertiary/aromatic N) is 3. The molecule has 1 aliphatic rings. The largest absolute Gasteiger partial charge is 0.444 e. The van der Waals surface area contributed by atoms with Gasteiger partial charge in [-0.15, -0.1) is 0 Å². The van der Waals surface area contributed by atoms with Gasteiger partial charge in [-0.1, -0.05) is 31.5 Å². The van der Waals surface area contributed by atoms with Gasteiger partial charge in [0.05, 0.1) is 0 Å². The van der Waals surface area contributed by atoms with Crippen LogP contribution in [0.2, 0.25) is 0 Å². The highest BCUT2D eigenvalue weighted by atomic mass is 16.6. The molecule has 6 heteroatoms. The molecule has 1 aromatic carbocycles. The van der Waals surface area contributed by atoms with Crippen LogP contribution in [0.5, 0.6) is 0 Å². The topological polar surface area (TPSA) is 54.8 Å². The van der Waals surface area contributed by atoms with Crippen molar-refractivity contribution in [1.82, 2.24) is 14.4 Å². The van der Waals surface area contributed by atoms with Crippen LogP contribution < -0.4 is 0 Å². The first-order valence-corrected chi connectivity index (χ1v) is 10.6. The molecule has 1 aromatic heterocycles. The van der Waals surface area contributed by atoms with Gasteiger partial charge in [-0.3, -0.25) is 4.79 Å². The van der Waals surface area contributed by atoms with Gasteiger partial charge >= 0.3 is 6.09 Å². The number of benzene rings is 1. The predicted molar refractivity (Wildman–Crippen MR) is 115 cm³/mol. The molecule has 3 rings (SSSR count). The van der Waals surface area contributed by atoms with Crippen molar-refractivity contribution in [3.05, 3.63) is 35.5 Å². The Morgan fingerprint density at radius 3 is 2.28 bits per heavy atom. The van der Waals surface area contributed by atoms with Crippen LogP contribution in [0.1, 0.15) is 56.6 Å². The maximum Gasteiger partial charge on any atom is 0.410 e. The van der Waals surface area contributed by atoms with Crippen LogP contribution in [-0.2, 0) is 11.3 Å². The monoisotopic (exact) mass is 399 g/mol. The molecule has 2 heterocycles. The van der Waals surface area contributed by atoms with Crippen molar-refractivity contribution in [2.45, 2.75) is 59.6 Å². The van der Waals surface area contributed by atoms with Crippen LogP contribution in [0, 0.1) is 6.92 Å². The summed E-state index contributed by atoms with van der Waals surface area (Å²) >= 11 is 0. The van der Waals surface area contributed by atoms with Gasteiger partial charge in [0.2, 0.25) is 0 Å². The lowest BCUT2D eigenvalue weighted by Crippen LogP contribution is -2.52. The number of amides is 2. The number of fused-ring (bicyclic) bond motifs is 1. The zero-order chi connectivity index (χ0) is 21.2. The highest BCUT2D eigenvalue weighted by Gasteiger charge is 2.30. The van der Waals surface area contributed by atoms with Crippen LogP contribution in [0.3, 0.4) is 0 Å². The summed E-state index contributed by atoms with van der Waals surface area (Å²) in [7, 11) is 0. The number of aromatic nitrogens is 1. The Hall–Kier alpha value is -2.50. The average Bonchev–Trinajstić information content (AvgIpc) is 2.96. The molecule has 0 atom stereocenters. The Morgan fingerprint density at radius 1 is 1.03 bits per heavy atom. The van der Waals surface area contributed by atoms with Crippen LogP contribution in [0.4, 0.5) is 4.79 Å². The molecule has 1 fully saturated rings. The molecule has 0 spiro atoms. The molecular formula is C23H33N3O3. The zero-order valence-electron chi connectivity index (χ0n) is 18.3. The Kier molecular flexibility index (Phi) is 6.20. The van der Waals surface area contributed by atoms with E-state index in [1.165, 1.54) is 0 Å². The fourth-order valence-corrected chi connectivity index (χ4v) is 3.87. The predicted octanol–water partition coefficient (Wildman–Crippen LogP) is 4.44. The van der Waals surface area contributed by atoms with Crippen molar-refractivity contribution in [3.8, 4) is 0 Å². The van der Waals surface area contributed by atoms with Crippen molar-refractivity contribution in [3.63, 3.8) is 0 Å². The van der Waals surface area contributed by atoms with Gasteiger partial charge in [0.25, 0.3) is 5.91 Å². The van der Waals surface area contributed by atoms with Gasteiger partial charge in [-0.2, -0.15) is 0 Å². The van der Waals surface area contributed by atoms with Gasteiger partial charge < -0.3 is 19.1 Å². The van der Waals surface area contributed by atoms with Crippen molar-refractivity contribution in [2.24, 2.45) is 0 Å². The first-order chi connectivity index (χ1) is 13.7. The summed E-state index contributed by atoms with van der Waals surface area (Å²) in [5, 5.41) is 1.14. The van der Waals surface area contributed by atoms with E-state index in [1.54, 1.807) is 4.90 Å². The van der Waals surface area contributed by atoms with Crippen LogP contribution >= 0.6 is 0 Å². The van der Waals surface area contributed by atoms with E-state index in [0.29, 0.717) is 26.2 Å². The number of piperazine rings is 1. The van der Waals surface area contributed by atoms with E-state index < -0.39 is 5.60 Å². The molecule has 0 unspecified atom stereocenters. The molecule has 0 bridgehead atoms. The Labute approximate surface area is 173 Å². The number of carbonyl (C=O) groups is 2. The van der Waals surface area contributed by atoms with Crippen LogP contribution in [0.25, 0.3) is 10.9 Å². The molecule has 6 nitrogen and oxygen atoms in total. The summed E-state index contributed by atoms with van der Waals surface area (Å²) < 4.78 is 7.64. The molecule has 0 radical (unpaired) electrons. The van der Waals surface area contributed by atoms with E-state index in [-0.39, 0.29) is 12.0 Å². The molecule has 1 saturated heterocycles. The average molecular weight is 400 g/mol. The van der Waals surface area contributed by atoms with Crippen molar-refractivity contribution in [2.75, 3.05) is 26.2 Å². The fourth-order valence-electron chi connectivity index (χ4n) is 3.87. The minimum atomic E-state index is -0.513. The van der Waals surface area contributed by atoms with Gasteiger partial charge in [-0.05, 0) is 45.7 Å². The molecule has 2 amide bonds. The van der Waals surface area contributed by atoms with Crippen LogP contribution in [0.15, 0.2) is 24.3 Å². The minimum Gasteiger partial charge on any atom is -0.444 e. The quantitative estimate of drug-likeness (QED) is 0.764. The number of aryl methyl sites for hydroxylation is 2. The Balaban J connectivity index is 1.79. The summed E-state index contributed by atoms with van der Waals surface area (Å²) in [5.41, 5.74) is 2.43. The standard InChI is InChI=1S/C23H33N3O3/c1-6-7-12-26-19-11-9-8-10-18(19)17(2)20(26)21(27)24-13-15-25(16-14-24)22(28)29-23(3,4)5/h8-11H,6-7,12-16H2,1-5H3. The SMILES string of the molecule is CCCCn1c(C(=O)N2CCN(C(=O)OC(C)(C)C)CC2)c(C)c2ccccc21. The van der Waals surface area contributed by atoms with Crippen molar-refractivity contribution < 1.29 is 14.3 Å². The normalized spacial score (nSPS) is 15.1. The molecule has 0 saturated carbocycles. The fraction of sp³-hybridized carbons (Fsp3) is 0.565. The minimum absolute atomic E-state index is 0.0543. The number of rotatable bonds is 4. The zero-order valence-corrected chi connectivity index (χ0v) is 18.3. The number of hydrogen-bond donors (Lipinski definition) is 0. The number of unbranched alkanes of at least 4 members (excludes halogenated alkanes) is 1. The van der Waals surface area contributed by atoms with E-state index in [0.717, 1.165) is 41.5 Å². The van der Waals surface area contributed by atoms with E-state index in [9.17, 15) is 9.59 Å². The lowest BCUT2D eigenvalue weighted by atomic mass is 10.1. The summed E-state index contributed by atoms with van der Waals surface area (Å²) in [6.07, 6.45) is 1.80. The smallest absolute Gasteiger partial charge is 0.410 e. The van der Waals surface area contributed by atoms with E-state index >= 15 is 0 Å². The summed E-state index contributed by atoms with van der Waals surface area (Å²) in [4.78, 5) is 29.3. The molecule has 1 aliphatic heterocycles. The molecule has 158 valence electrons. The maximum absolute atomic E-state index is 13.4. The van der Waals surface area contributed by atoms with Crippen LogP contribution in [-0.4, -0.2) is 58.1 Å². The number of hydrogen-bond acceptors (Lipinski definition) is 3. The summed E-state index contributed by atoms with van der Waals surface area (Å²) in [6, 6.07) is 8.23. The second-order valence-corrected chi connectivity index (χ2v) is 8.76. The number of ether oxygens (including phenoxy) is 1. The third-order valence-electron chi connectivity index (χ3n) is 5.38. The van der Waals surface area contributed by atoms with Gasteiger partial charge in [-0.25, -0.2) is 4.79 Å². The number of carbonyl (C=O) groups excluding carboxylic acids is 2. The maximum atomic E-state index is 13.4. The Bertz CT molecular complexity index is 887. The van der Waals surface area contributed by atoms with Crippen molar-refractivity contribution >= 4 is 22.9 Å². The van der Waals surface area contributed by atoms with E-state index in [4.69, 9.17) is 4.74 Å². The highest BCUT2D eigenvalue weighted by Crippen LogP contribution is 2.27. The number of para-hydroxylation sites is 1. The third kappa shape index (κ3) is 4.57. The summed E-state index contributed by atoms with van der Waals surface area (Å²) in [6.45, 7) is 12.7. The molecule has 0 N–H and O–H groups in total. The first-order valence-electron chi connectivity index (χ1n) is 10.6. The third-order valence-corrected chi connectivity index (χ3v) is 5.38. The molecule has 29 heavy (non-hydrogen) atoms. The summed E-state index contributed by atoms with van der Waals surface area (Å²) in [5.74, 6) is 0.0543. The Morgan fingerprint density at radius 2 is 1.66 bits per heavy atom. The van der Waals surface area contributed by atoms with Gasteiger partial charge in [0.1, 0.15) is 11.3 Å². The second-order valence-electron chi connectivity index (χ2n) is 8.76. The molecule has 2 aromatic rings. The second kappa shape index (κ2) is 8.47. The lowest BCUT2D eigenvalue weighted by Gasteiger charge is -2.35. The molecular weight excluding hydrogens is 366 g/mol. The van der Waals surface area contributed by atoms with E-state index in [1.807, 2.05) is 44.7 Å². The first kappa shape index (κ1) is 21.2.